The predicted octanol–water partition coefficient (Wildman–Crippen LogP) is 2.44. The normalized spacial score (nSPS) is 18.7. The number of anilines is 1. The first-order valence-corrected chi connectivity index (χ1v) is 8.43. The van der Waals surface area contributed by atoms with E-state index in [0.29, 0.717) is 30.0 Å². The zero-order valence-corrected chi connectivity index (χ0v) is 14.3. The molecule has 1 aliphatic heterocycles. The van der Waals surface area contributed by atoms with Crippen LogP contribution in [0.3, 0.4) is 0 Å². The van der Waals surface area contributed by atoms with Gasteiger partial charge in [0.2, 0.25) is 11.8 Å². The van der Waals surface area contributed by atoms with Crippen LogP contribution in [0.4, 0.5) is 5.69 Å². The Balaban J connectivity index is 1.75. The number of hydrogen-bond donors (Lipinski definition) is 1. The van der Waals surface area contributed by atoms with Gasteiger partial charge in [0.05, 0.1) is 19.9 Å². The summed E-state index contributed by atoms with van der Waals surface area (Å²) in [5.41, 5.74) is -0.370. The summed E-state index contributed by atoms with van der Waals surface area (Å²) in [6.45, 7) is 1.52. The lowest BCUT2D eigenvalue weighted by atomic mass is 10.0. The molecule has 2 amide bonds. The number of rotatable bonds is 5. The topological polar surface area (TPSA) is 67.9 Å². The van der Waals surface area contributed by atoms with Crippen molar-refractivity contribution in [2.24, 2.45) is 5.41 Å². The summed E-state index contributed by atoms with van der Waals surface area (Å²) in [4.78, 5) is 27.4. The Morgan fingerprint density at radius 1 is 1.08 bits per heavy atom. The van der Waals surface area contributed by atoms with Crippen LogP contribution in [-0.2, 0) is 9.59 Å². The minimum atomic E-state index is -0.897. The third kappa shape index (κ3) is 3.05. The summed E-state index contributed by atoms with van der Waals surface area (Å²) in [6, 6.07) is 5.21. The molecule has 3 rings (SSSR count). The van der Waals surface area contributed by atoms with Crippen LogP contribution in [0.2, 0.25) is 0 Å². The number of likely N-dealkylation sites (tertiary alicyclic amines) is 1. The third-order valence-electron chi connectivity index (χ3n) is 4.89. The monoisotopic (exact) mass is 332 g/mol. The molecule has 130 valence electrons. The number of amides is 2. The average molecular weight is 332 g/mol. The number of carbonyl (C=O) groups is 2. The van der Waals surface area contributed by atoms with E-state index in [1.54, 1.807) is 32.4 Å². The number of carbonyl (C=O) groups excluding carboxylic acids is 2. The van der Waals surface area contributed by atoms with E-state index in [1.165, 1.54) is 0 Å². The molecule has 1 aromatic carbocycles. The van der Waals surface area contributed by atoms with Crippen LogP contribution in [0, 0.1) is 5.41 Å². The van der Waals surface area contributed by atoms with Gasteiger partial charge in [-0.3, -0.25) is 9.59 Å². The average Bonchev–Trinajstić information content (AvgIpc) is 3.43. The minimum Gasteiger partial charge on any atom is -0.497 e. The second kappa shape index (κ2) is 6.71. The summed E-state index contributed by atoms with van der Waals surface area (Å²) in [7, 11) is 3.11. The molecule has 0 spiro atoms. The van der Waals surface area contributed by atoms with Gasteiger partial charge in [0.25, 0.3) is 0 Å². The fourth-order valence-corrected chi connectivity index (χ4v) is 3.22. The SMILES string of the molecule is COc1ccc(OC)c(NC(=O)C2(C(=O)N3CCCCC3)CC2)c1. The van der Waals surface area contributed by atoms with Crippen molar-refractivity contribution in [1.82, 2.24) is 4.90 Å². The Kier molecular flexibility index (Phi) is 4.64. The molecular formula is C18H24N2O4. The Hall–Kier alpha value is -2.24. The molecule has 0 radical (unpaired) electrons. The van der Waals surface area contributed by atoms with Crippen LogP contribution in [0.15, 0.2) is 18.2 Å². The maximum Gasteiger partial charge on any atom is 0.240 e. The van der Waals surface area contributed by atoms with Crippen LogP contribution >= 0.6 is 0 Å². The lowest BCUT2D eigenvalue weighted by Crippen LogP contribution is -2.45. The number of methoxy groups -OCH3 is 2. The van der Waals surface area contributed by atoms with Gasteiger partial charge in [0.15, 0.2) is 0 Å². The zero-order chi connectivity index (χ0) is 17.2. The number of nitrogens with one attached hydrogen (secondary N) is 1. The van der Waals surface area contributed by atoms with Crippen LogP contribution in [-0.4, -0.2) is 44.0 Å². The first-order chi connectivity index (χ1) is 11.6. The highest BCUT2D eigenvalue weighted by molar-refractivity contribution is 6.13. The maximum absolute atomic E-state index is 12.8. The number of benzene rings is 1. The van der Waals surface area contributed by atoms with Crippen molar-refractivity contribution >= 4 is 17.5 Å². The van der Waals surface area contributed by atoms with Gasteiger partial charge in [0, 0.05) is 19.2 Å². The number of hydrogen-bond acceptors (Lipinski definition) is 4. The molecule has 2 fully saturated rings. The third-order valence-corrected chi connectivity index (χ3v) is 4.89. The minimum absolute atomic E-state index is 0.0263. The van der Waals surface area contributed by atoms with Gasteiger partial charge in [-0.05, 0) is 44.2 Å². The van der Waals surface area contributed by atoms with Gasteiger partial charge in [0.1, 0.15) is 16.9 Å². The Morgan fingerprint density at radius 2 is 1.79 bits per heavy atom. The lowest BCUT2D eigenvalue weighted by Gasteiger charge is -2.30. The van der Waals surface area contributed by atoms with E-state index in [0.717, 1.165) is 32.4 Å². The molecule has 1 N–H and O–H groups in total. The Bertz CT molecular complexity index is 634. The van der Waals surface area contributed by atoms with E-state index in [4.69, 9.17) is 9.47 Å². The maximum atomic E-state index is 12.8. The van der Waals surface area contributed by atoms with E-state index < -0.39 is 5.41 Å². The van der Waals surface area contributed by atoms with Gasteiger partial charge in [-0.2, -0.15) is 0 Å². The van der Waals surface area contributed by atoms with E-state index in [9.17, 15) is 9.59 Å². The van der Waals surface area contributed by atoms with Crippen molar-refractivity contribution in [3.05, 3.63) is 18.2 Å². The molecule has 6 heteroatoms. The molecule has 1 saturated heterocycles. The molecule has 1 aromatic rings. The summed E-state index contributed by atoms with van der Waals surface area (Å²) in [5.74, 6) is 0.898. The molecule has 1 saturated carbocycles. The smallest absolute Gasteiger partial charge is 0.240 e. The lowest BCUT2D eigenvalue weighted by molar-refractivity contribution is -0.143. The Morgan fingerprint density at radius 3 is 2.38 bits per heavy atom. The number of nitrogens with zero attached hydrogens (tertiary/aromatic N) is 1. The van der Waals surface area contributed by atoms with Crippen molar-refractivity contribution in [2.75, 3.05) is 32.6 Å². The van der Waals surface area contributed by atoms with Gasteiger partial charge in [-0.1, -0.05) is 0 Å². The summed E-state index contributed by atoms with van der Waals surface area (Å²) < 4.78 is 10.5. The largest absolute Gasteiger partial charge is 0.497 e. The first kappa shape index (κ1) is 16.6. The van der Waals surface area contributed by atoms with E-state index in [2.05, 4.69) is 5.32 Å². The molecule has 6 nitrogen and oxygen atoms in total. The van der Waals surface area contributed by atoms with Crippen molar-refractivity contribution in [3.8, 4) is 11.5 Å². The molecule has 0 aromatic heterocycles. The molecule has 0 unspecified atom stereocenters. The van der Waals surface area contributed by atoms with Gasteiger partial charge in [-0.25, -0.2) is 0 Å². The highest BCUT2D eigenvalue weighted by Crippen LogP contribution is 2.49. The fourth-order valence-electron chi connectivity index (χ4n) is 3.22. The molecule has 24 heavy (non-hydrogen) atoms. The van der Waals surface area contributed by atoms with Crippen molar-refractivity contribution in [3.63, 3.8) is 0 Å². The van der Waals surface area contributed by atoms with Gasteiger partial charge >= 0.3 is 0 Å². The second-order valence-corrected chi connectivity index (χ2v) is 6.46. The van der Waals surface area contributed by atoms with Crippen LogP contribution in [0.25, 0.3) is 0 Å². The first-order valence-electron chi connectivity index (χ1n) is 8.43. The van der Waals surface area contributed by atoms with Gasteiger partial charge < -0.3 is 19.7 Å². The van der Waals surface area contributed by atoms with Crippen LogP contribution in [0.1, 0.15) is 32.1 Å². The predicted molar refractivity (Wildman–Crippen MR) is 90.3 cm³/mol. The zero-order valence-electron chi connectivity index (χ0n) is 14.3. The van der Waals surface area contributed by atoms with Crippen molar-refractivity contribution in [2.45, 2.75) is 32.1 Å². The molecule has 1 aliphatic carbocycles. The van der Waals surface area contributed by atoms with Crippen molar-refractivity contribution < 1.29 is 19.1 Å². The second-order valence-electron chi connectivity index (χ2n) is 6.46. The molecule has 0 atom stereocenters. The quantitative estimate of drug-likeness (QED) is 0.841. The molecule has 1 heterocycles. The van der Waals surface area contributed by atoms with E-state index in [1.807, 2.05) is 4.90 Å². The van der Waals surface area contributed by atoms with E-state index in [-0.39, 0.29) is 11.8 Å². The highest BCUT2D eigenvalue weighted by atomic mass is 16.5. The highest BCUT2D eigenvalue weighted by Gasteiger charge is 2.58. The Labute approximate surface area is 142 Å². The van der Waals surface area contributed by atoms with Gasteiger partial charge in [-0.15, -0.1) is 0 Å². The van der Waals surface area contributed by atoms with E-state index >= 15 is 0 Å². The van der Waals surface area contributed by atoms with Crippen LogP contribution < -0.4 is 14.8 Å². The number of piperidine rings is 1. The summed E-state index contributed by atoms with van der Waals surface area (Å²) >= 11 is 0. The van der Waals surface area contributed by atoms with Crippen molar-refractivity contribution in [1.29, 1.82) is 0 Å². The summed E-state index contributed by atoms with van der Waals surface area (Å²) in [6.07, 6.45) is 4.42. The number of ether oxygens (including phenoxy) is 2. The molecular weight excluding hydrogens is 308 g/mol. The standard InChI is InChI=1S/C18H24N2O4/c1-23-13-6-7-15(24-2)14(12-13)19-16(21)18(8-9-18)17(22)20-10-4-3-5-11-20/h6-7,12H,3-5,8-11H2,1-2H3,(H,19,21). The van der Waals surface area contributed by atoms with Crippen LogP contribution in [0.5, 0.6) is 11.5 Å². The summed E-state index contributed by atoms with van der Waals surface area (Å²) in [5, 5.41) is 2.87. The molecule has 0 bridgehead atoms. The molecule has 2 aliphatic rings. The fraction of sp³-hybridized carbons (Fsp3) is 0.556.